The van der Waals surface area contributed by atoms with E-state index in [1.807, 2.05) is 37.3 Å². The smallest absolute Gasteiger partial charge is 0.154 e. The molecular formula is C13H19ClN2O3S. The molecule has 1 aliphatic rings. The van der Waals surface area contributed by atoms with E-state index in [1.165, 1.54) is 0 Å². The molecule has 2 atom stereocenters. The second-order valence-corrected chi connectivity index (χ2v) is 7.81. The third-order valence-electron chi connectivity index (χ3n) is 3.48. The molecule has 1 aromatic carbocycles. The van der Waals surface area contributed by atoms with Crippen LogP contribution in [0, 0.1) is 0 Å². The second-order valence-electron chi connectivity index (χ2n) is 5.25. The lowest BCUT2D eigenvalue weighted by molar-refractivity contribution is -0.0558. The van der Waals surface area contributed by atoms with Crippen molar-refractivity contribution < 1.29 is 13.5 Å². The Morgan fingerprint density at radius 2 is 1.95 bits per heavy atom. The number of benzene rings is 1. The highest BCUT2D eigenvalue weighted by Crippen LogP contribution is 2.24. The zero-order valence-electron chi connectivity index (χ0n) is 11.5. The van der Waals surface area contributed by atoms with E-state index in [0.717, 1.165) is 5.56 Å². The fourth-order valence-electron chi connectivity index (χ4n) is 2.45. The molecule has 7 heteroatoms. The molecule has 112 valence electrons. The Hall–Kier alpha value is -0.660. The zero-order chi connectivity index (χ0) is 14.9. The molecule has 0 aliphatic carbocycles. The number of nitrogens with zero attached hydrogens (tertiary/aromatic N) is 2. The van der Waals surface area contributed by atoms with E-state index >= 15 is 0 Å². The van der Waals surface area contributed by atoms with Crippen molar-refractivity contribution in [2.24, 2.45) is 0 Å². The molecule has 1 aromatic rings. The van der Waals surface area contributed by atoms with E-state index in [9.17, 15) is 13.5 Å². The highest BCUT2D eigenvalue weighted by atomic mass is 35.5. The maximum Gasteiger partial charge on any atom is 0.154 e. The van der Waals surface area contributed by atoms with E-state index < -0.39 is 22.0 Å². The van der Waals surface area contributed by atoms with Crippen molar-refractivity contribution in [1.29, 1.82) is 0 Å². The Bertz CT molecular complexity index is 577. The van der Waals surface area contributed by atoms with Crippen molar-refractivity contribution in [3.63, 3.8) is 0 Å². The van der Waals surface area contributed by atoms with E-state index in [1.54, 1.807) is 11.1 Å². The van der Waals surface area contributed by atoms with Gasteiger partial charge in [-0.2, -0.15) is 0 Å². The Balaban J connectivity index is 2.23. The number of halogens is 1. The number of sulfone groups is 1. The number of hydrogen-bond donors (Lipinski definition) is 1. The molecule has 0 amide bonds. The van der Waals surface area contributed by atoms with Crippen molar-refractivity contribution in [2.75, 3.05) is 25.6 Å². The molecule has 1 N–H and O–H groups in total. The fourth-order valence-corrected chi connectivity index (χ4v) is 4.44. The highest BCUT2D eigenvalue weighted by Gasteiger charge is 2.40. The predicted octanol–water partition coefficient (Wildman–Crippen LogP) is 0.776. The van der Waals surface area contributed by atoms with E-state index in [0.29, 0.717) is 11.6 Å². The van der Waals surface area contributed by atoms with Gasteiger partial charge in [0.1, 0.15) is 0 Å². The van der Waals surface area contributed by atoms with Crippen molar-refractivity contribution in [2.45, 2.75) is 18.7 Å². The maximum atomic E-state index is 11.7. The minimum atomic E-state index is -3.18. The summed E-state index contributed by atoms with van der Waals surface area (Å²) in [7, 11) is 0.479. The van der Waals surface area contributed by atoms with Gasteiger partial charge in [-0.25, -0.2) is 18.4 Å². The first kappa shape index (κ1) is 15.7. The number of aliphatic hydroxyl groups is 1. The van der Waals surface area contributed by atoms with Crippen LogP contribution in [0.1, 0.15) is 5.56 Å². The van der Waals surface area contributed by atoms with Gasteiger partial charge in [0.05, 0.1) is 23.7 Å². The van der Waals surface area contributed by atoms with Crippen LogP contribution in [0.2, 0.25) is 5.02 Å². The van der Waals surface area contributed by atoms with Gasteiger partial charge in [0.25, 0.3) is 0 Å². The Morgan fingerprint density at radius 1 is 1.30 bits per heavy atom. The number of aliphatic hydroxyl groups excluding tert-OH is 1. The molecule has 5 nitrogen and oxygen atoms in total. The van der Waals surface area contributed by atoms with Gasteiger partial charge in [0.15, 0.2) is 9.84 Å². The minimum Gasteiger partial charge on any atom is -0.390 e. The van der Waals surface area contributed by atoms with Gasteiger partial charge in [-0.1, -0.05) is 29.8 Å². The quantitative estimate of drug-likeness (QED) is 0.831. The summed E-state index contributed by atoms with van der Waals surface area (Å²) in [5.74, 6) is -0.207. The monoisotopic (exact) mass is 318 g/mol. The summed E-state index contributed by atoms with van der Waals surface area (Å²) in [5.41, 5.74) is 0.902. The molecule has 1 saturated heterocycles. The predicted molar refractivity (Wildman–Crippen MR) is 79.1 cm³/mol. The van der Waals surface area contributed by atoms with Gasteiger partial charge in [-0.3, -0.25) is 0 Å². The SMILES string of the molecule is CN(C)N(Cc1ccccc1Cl)[C@@H]1CS(=O)(=O)C[C@@H]1O. The summed E-state index contributed by atoms with van der Waals surface area (Å²) >= 11 is 6.15. The van der Waals surface area contributed by atoms with E-state index in [-0.39, 0.29) is 11.5 Å². The Morgan fingerprint density at radius 3 is 2.45 bits per heavy atom. The largest absolute Gasteiger partial charge is 0.390 e. The lowest BCUT2D eigenvalue weighted by atomic mass is 10.1. The van der Waals surface area contributed by atoms with Crippen LogP contribution in [0.15, 0.2) is 24.3 Å². The third-order valence-corrected chi connectivity index (χ3v) is 5.55. The Labute approximate surface area is 124 Å². The second kappa shape index (κ2) is 5.99. The molecule has 2 rings (SSSR count). The summed E-state index contributed by atoms with van der Waals surface area (Å²) in [4.78, 5) is 0. The van der Waals surface area contributed by atoms with Crippen molar-refractivity contribution >= 4 is 21.4 Å². The first-order valence-electron chi connectivity index (χ1n) is 6.36. The Kier molecular flexibility index (Phi) is 4.71. The standard InChI is InChI=1S/C13H19ClN2O3S/c1-15(2)16(7-10-5-3-4-6-11(10)14)12-8-20(18,19)9-13(12)17/h3-6,12-13,17H,7-9H2,1-2H3/t12-,13+/m1/s1. The van der Waals surface area contributed by atoms with Crippen molar-refractivity contribution in [3.05, 3.63) is 34.9 Å². The molecule has 0 spiro atoms. The number of rotatable bonds is 4. The van der Waals surface area contributed by atoms with E-state index in [2.05, 4.69) is 0 Å². The lowest BCUT2D eigenvalue weighted by Gasteiger charge is -2.35. The fraction of sp³-hybridized carbons (Fsp3) is 0.538. The van der Waals surface area contributed by atoms with Gasteiger partial charge in [0, 0.05) is 25.7 Å². The summed E-state index contributed by atoms with van der Waals surface area (Å²) in [6.07, 6.45) is -0.870. The molecule has 0 aromatic heterocycles. The zero-order valence-corrected chi connectivity index (χ0v) is 13.1. The van der Waals surface area contributed by atoms with Gasteiger partial charge < -0.3 is 5.11 Å². The van der Waals surface area contributed by atoms with Gasteiger partial charge in [0.2, 0.25) is 0 Å². The van der Waals surface area contributed by atoms with Gasteiger partial charge in [-0.05, 0) is 11.6 Å². The van der Waals surface area contributed by atoms with Crippen LogP contribution in [0.25, 0.3) is 0 Å². The van der Waals surface area contributed by atoms with Crippen LogP contribution in [0.4, 0.5) is 0 Å². The number of hydrazine groups is 1. The average molecular weight is 319 g/mol. The van der Waals surface area contributed by atoms with E-state index in [4.69, 9.17) is 11.6 Å². The summed E-state index contributed by atoms with van der Waals surface area (Å²) < 4.78 is 23.3. The van der Waals surface area contributed by atoms with Crippen LogP contribution in [0.5, 0.6) is 0 Å². The van der Waals surface area contributed by atoms with Gasteiger partial charge in [-0.15, -0.1) is 0 Å². The molecular weight excluding hydrogens is 300 g/mol. The average Bonchev–Trinajstić information content (AvgIpc) is 2.61. The summed E-state index contributed by atoms with van der Waals surface area (Å²) in [6.45, 7) is 0.462. The molecule has 20 heavy (non-hydrogen) atoms. The van der Waals surface area contributed by atoms with Crippen LogP contribution in [0.3, 0.4) is 0 Å². The molecule has 0 bridgehead atoms. The molecule has 0 radical (unpaired) electrons. The molecule has 1 aliphatic heterocycles. The number of hydrogen-bond acceptors (Lipinski definition) is 5. The third kappa shape index (κ3) is 3.51. The molecule has 0 saturated carbocycles. The first-order valence-corrected chi connectivity index (χ1v) is 8.56. The first-order chi connectivity index (χ1) is 9.30. The molecule has 1 fully saturated rings. The van der Waals surface area contributed by atoms with Crippen LogP contribution in [-0.2, 0) is 16.4 Å². The van der Waals surface area contributed by atoms with Gasteiger partial charge >= 0.3 is 0 Å². The maximum absolute atomic E-state index is 11.7. The summed E-state index contributed by atoms with van der Waals surface area (Å²) in [6, 6.07) is 6.99. The van der Waals surface area contributed by atoms with Crippen LogP contribution in [-0.4, -0.2) is 61.3 Å². The minimum absolute atomic E-state index is 0.0310. The van der Waals surface area contributed by atoms with Crippen LogP contribution >= 0.6 is 11.6 Å². The highest BCUT2D eigenvalue weighted by molar-refractivity contribution is 7.91. The normalized spacial score (nSPS) is 25.5. The molecule has 0 unspecified atom stereocenters. The lowest BCUT2D eigenvalue weighted by Crippen LogP contribution is -2.49. The van der Waals surface area contributed by atoms with Crippen LogP contribution < -0.4 is 0 Å². The topological polar surface area (TPSA) is 60.9 Å². The van der Waals surface area contributed by atoms with Crippen molar-refractivity contribution in [3.8, 4) is 0 Å². The molecule has 1 heterocycles. The van der Waals surface area contributed by atoms with Crippen molar-refractivity contribution in [1.82, 2.24) is 10.0 Å². The summed E-state index contributed by atoms with van der Waals surface area (Å²) in [5, 5.41) is 14.3.